The first-order chi connectivity index (χ1) is 6.33. The van der Waals surface area contributed by atoms with Gasteiger partial charge in [-0.25, -0.2) is 0 Å². The molecule has 0 radical (unpaired) electrons. The van der Waals surface area contributed by atoms with E-state index in [0.29, 0.717) is 0 Å². The van der Waals surface area contributed by atoms with Crippen LogP contribution < -0.4 is 21.5 Å². The zero-order valence-corrected chi connectivity index (χ0v) is 9.61. The number of alkyl halides is 1. The van der Waals surface area contributed by atoms with Crippen molar-refractivity contribution in [2.24, 2.45) is 0 Å². The van der Waals surface area contributed by atoms with Crippen molar-refractivity contribution >= 4 is 5.91 Å². The van der Waals surface area contributed by atoms with Gasteiger partial charge in [0.15, 0.2) is 0 Å². The first kappa shape index (κ1) is 8.99. The zero-order valence-electron chi connectivity index (χ0n) is 7.46. The third kappa shape index (κ3) is 1.57. The molecule has 0 bridgehead atoms. The Kier molecular flexibility index (Phi) is 2.53. The fourth-order valence-electron chi connectivity index (χ4n) is 1.46. The molecule has 2 nitrogen and oxygen atoms in total. The molecule has 0 spiro atoms. The van der Waals surface area contributed by atoms with Crippen molar-refractivity contribution in [3.8, 4) is 0 Å². The van der Waals surface area contributed by atoms with Gasteiger partial charge in [-0.15, -0.1) is 0 Å². The van der Waals surface area contributed by atoms with Gasteiger partial charge in [0.1, 0.15) is 0 Å². The number of hydrogen-bond donors (Lipinski definition) is 0. The molecule has 0 aromatic heterocycles. The summed E-state index contributed by atoms with van der Waals surface area (Å²) in [5, 5.41) is 0. The van der Waals surface area contributed by atoms with Crippen LogP contribution in [-0.2, 0) is 6.54 Å². The molecule has 13 heavy (non-hydrogen) atoms. The first-order valence-corrected chi connectivity index (χ1v) is 6.81. The Morgan fingerprint density at radius 2 is 2.23 bits per heavy atom. The van der Waals surface area contributed by atoms with Crippen LogP contribution >= 0.6 is 0 Å². The summed E-state index contributed by atoms with van der Waals surface area (Å²) >= 11 is -0.0802. The fraction of sp³-hybridized carbons (Fsp3) is 0.300. The summed E-state index contributed by atoms with van der Waals surface area (Å²) in [5.41, 5.74) is 2.11. The second kappa shape index (κ2) is 3.65. The molecule has 1 heterocycles. The minimum absolute atomic E-state index is 0.0802. The average Bonchev–Trinajstić information content (AvgIpc) is 2.46. The predicted molar refractivity (Wildman–Crippen MR) is 46.9 cm³/mol. The molecule has 1 aromatic carbocycles. The summed E-state index contributed by atoms with van der Waals surface area (Å²) in [6.07, 6.45) is 0. The van der Waals surface area contributed by atoms with Gasteiger partial charge >= 0.3 is 88.6 Å². The molecule has 2 rings (SSSR count). The fourth-order valence-corrected chi connectivity index (χ4v) is 3.46. The molecule has 0 N–H and O–H groups in total. The second-order valence-corrected chi connectivity index (χ2v) is 6.24. The van der Waals surface area contributed by atoms with Gasteiger partial charge in [-0.2, -0.15) is 0 Å². The van der Waals surface area contributed by atoms with E-state index in [1.807, 2.05) is 27.4 Å². The van der Waals surface area contributed by atoms with Gasteiger partial charge in [-0.05, 0) is 0 Å². The van der Waals surface area contributed by atoms with Crippen LogP contribution in [0.1, 0.15) is 22.8 Å². The number of carbonyl (C=O) groups excluding carboxylic acids is 1. The molecule has 1 aliphatic heterocycles. The second-order valence-electron chi connectivity index (χ2n) is 2.87. The molecule has 1 aliphatic rings. The zero-order chi connectivity index (χ0) is 9.26. The number of benzene rings is 1. The Morgan fingerprint density at radius 1 is 1.46 bits per heavy atom. The summed E-state index contributed by atoms with van der Waals surface area (Å²) in [6.45, 7) is 2.99. The van der Waals surface area contributed by atoms with E-state index in [4.69, 9.17) is 0 Å². The Balaban J connectivity index is 2.28. The minimum atomic E-state index is -0.0802. The quantitative estimate of drug-likeness (QED) is 0.375. The van der Waals surface area contributed by atoms with Crippen LogP contribution in [0.25, 0.3) is 0 Å². The van der Waals surface area contributed by atoms with Crippen molar-refractivity contribution in [1.29, 1.82) is 0 Å². The SMILES string of the molecule is CC[I-]N1Cc2ccccc2C1=O. The topological polar surface area (TPSA) is 20.3 Å². The van der Waals surface area contributed by atoms with E-state index in [1.54, 1.807) is 0 Å². The summed E-state index contributed by atoms with van der Waals surface area (Å²) in [7, 11) is 0. The monoisotopic (exact) mass is 288 g/mol. The van der Waals surface area contributed by atoms with Crippen molar-refractivity contribution in [3.05, 3.63) is 35.4 Å². The van der Waals surface area contributed by atoms with Crippen LogP contribution in [0.3, 0.4) is 0 Å². The molecule has 1 aromatic rings. The molecule has 70 valence electrons. The van der Waals surface area contributed by atoms with Gasteiger partial charge in [0.25, 0.3) is 0 Å². The van der Waals surface area contributed by atoms with E-state index in [0.717, 1.165) is 16.5 Å². The Morgan fingerprint density at radius 3 is 2.92 bits per heavy atom. The maximum absolute atomic E-state index is 11.7. The van der Waals surface area contributed by atoms with Crippen LogP contribution in [0, 0.1) is 0 Å². The molecular formula is C10H11INO-. The normalized spacial score (nSPS) is 15.2. The van der Waals surface area contributed by atoms with Gasteiger partial charge in [0, 0.05) is 0 Å². The molecule has 0 fully saturated rings. The molecule has 0 saturated carbocycles. The first-order valence-electron chi connectivity index (χ1n) is 4.32. The number of halogens is 1. The van der Waals surface area contributed by atoms with Crippen LogP contribution in [0.5, 0.6) is 0 Å². The molecule has 0 saturated heterocycles. The molecular weight excluding hydrogens is 277 g/mol. The average molecular weight is 288 g/mol. The van der Waals surface area contributed by atoms with Crippen LogP contribution in [0.15, 0.2) is 24.3 Å². The van der Waals surface area contributed by atoms with Crippen LogP contribution in [-0.4, -0.2) is 13.4 Å². The Labute approximate surface area is 88.5 Å². The van der Waals surface area contributed by atoms with E-state index < -0.39 is 0 Å². The predicted octanol–water partition coefficient (Wildman–Crippen LogP) is -1.33. The van der Waals surface area contributed by atoms with Gasteiger partial charge < -0.3 is 0 Å². The number of carbonyl (C=O) groups is 1. The molecule has 3 heteroatoms. The molecule has 1 amide bonds. The number of amides is 1. The number of nitrogens with zero attached hydrogens (tertiary/aromatic N) is 1. The summed E-state index contributed by atoms with van der Waals surface area (Å²) in [4.78, 5) is 11.7. The van der Waals surface area contributed by atoms with E-state index in [9.17, 15) is 4.79 Å². The van der Waals surface area contributed by atoms with E-state index in [-0.39, 0.29) is 27.4 Å². The van der Waals surface area contributed by atoms with E-state index >= 15 is 0 Å². The van der Waals surface area contributed by atoms with Crippen molar-refractivity contribution in [3.63, 3.8) is 0 Å². The van der Waals surface area contributed by atoms with Crippen molar-refractivity contribution in [2.75, 3.05) is 4.43 Å². The Bertz CT molecular complexity index is 337. The molecule has 0 unspecified atom stereocenters. The van der Waals surface area contributed by atoms with Gasteiger partial charge in [-0.1, -0.05) is 0 Å². The van der Waals surface area contributed by atoms with Crippen molar-refractivity contribution in [2.45, 2.75) is 13.5 Å². The summed E-state index contributed by atoms with van der Waals surface area (Å²) in [5.74, 6) is 0.241. The summed E-state index contributed by atoms with van der Waals surface area (Å²) in [6, 6.07) is 7.91. The standard InChI is InChI=1S/C10H11INO/c1-2-11-12-7-8-5-3-4-6-9(8)10(12)13/h3-6H,2,7H2,1H3/q-1. The van der Waals surface area contributed by atoms with Gasteiger partial charge in [0.2, 0.25) is 0 Å². The number of fused-ring (bicyclic) bond motifs is 1. The third-order valence-corrected chi connectivity index (χ3v) is 4.33. The number of hydrogen-bond acceptors (Lipinski definition) is 1. The third-order valence-electron chi connectivity index (χ3n) is 2.04. The van der Waals surface area contributed by atoms with Gasteiger partial charge in [0.05, 0.1) is 0 Å². The van der Waals surface area contributed by atoms with Crippen LogP contribution in [0.2, 0.25) is 0 Å². The molecule has 0 atom stereocenters. The Hall–Kier alpha value is -0.580. The number of rotatable bonds is 2. The van der Waals surface area contributed by atoms with Crippen molar-refractivity contribution < 1.29 is 26.3 Å². The van der Waals surface area contributed by atoms with Crippen LogP contribution in [0.4, 0.5) is 0 Å². The van der Waals surface area contributed by atoms with E-state index in [1.165, 1.54) is 5.56 Å². The maximum atomic E-state index is 11.7. The molecule has 0 aliphatic carbocycles. The van der Waals surface area contributed by atoms with E-state index in [2.05, 4.69) is 6.92 Å². The van der Waals surface area contributed by atoms with Crippen molar-refractivity contribution in [1.82, 2.24) is 3.11 Å². The van der Waals surface area contributed by atoms with Gasteiger partial charge in [-0.3, -0.25) is 0 Å². The summed E-state index contributed by atoms with van der Waals surface area (Å²) < 4.78 is 3.15.